The van der Waals surface area contributed by atoms with Gasteiger partial charge in [0.05, 0.1) is 10.6 Å². The van der Waals surface area contributed by atoms with Crippen LogP contribution < -0.4 is 4.90 Å². The van der Waals surface area contributed by atoms with E-state index < -0.39 is 21.5 Å². The van der Waals surface area contributed by atoms with Crippen LogP contribution in [0.3, 0.4) is 0 Å². The molecule has 3 aromatic carbocycles. The molecule has 0 spiro atoms. The van der Waals surface area contributed by atoms with Gasteiger partial charge in [0.1, 0.15) is 11.6 Å². The van der Waals surface area contributed by atoms with Crippen LogP contribution in [0.1, 0.15) is 33.6 Å². The number of anilines is 1. The summed E-state index contributed by atoms with van der Waals surface area (Å²) in [7, 11) is -3.56. The molecule has 3 aromatic rings. The first kappa shape index (κ1) is 25.1. The zero-order valence-electron chi connectivity index (χ0n) is 20.3. The number of rotatable bonds is 6. The molecule has 0 atom stereocenters. The van der Waals surface area contributed by atoms with Crippen molar-refractivity contribution in [2.45, 2.75) is 17.7 Å². The lowest BCUT2D eigenvalue weighted by molar-refractivity contribution is 0.0747. The molecule has 1 saturated heterocycles. The van der Waals surface area contributed by atoms with Crippen molar-refractivity contribution in [1.82, 2.24) is 4.90 Å². The molecular weight excluding hydrogens is 498 g/mol. The number of hydrogen-bond donors (Lipinski definition) is 0. The lowest BCUT2D eigenvalue weighted by Gasteiger charge is -2.36. The normalized spacial score (nSPS) is 16.1. The molecule has 1 amide bonds. The third kappa shape index (κ3) is 5.27. The van der Waals surface area contributed by atoms with Gasteiger partial charge in [-0.3, -0.25) is 9.59 Å². The molecule has 0 unspecified atom stereocenters. The molecule has 0 bridgehead atoms. The van der Waals surface area contributed by atoms with E-state index in [9.17, 15) is 26.8 Å². The number of Topliss-reactive ketones (excluding diaryl/α,β-unsaturated/α-hetero) is 1. The Morgan fingerprint density at radius 2 is 1.54 bits per heavy atom. The minimum absolute atomic E-state index is 0.0146. The Hall–Kier alpha value is -3.59. The number of amides is 1. The first-order chi connectivity index (χ1) is 17.6. The smallest absolute Gasteiger partial charge is 0.254 e. The number of carbonyl (C=O) groups is 2. The van der Waals surface area contributed by atoms with Crippen LogP contribution in [0, 0.1) is 17.6 Å². The van der Waals surface area contributed by atoms with Crippen LogP contribution in [0.5, 0.6) is 0 Å². The van der Waals surface area contributed by atoms with Crippen molar-refractivity contribution in [2.75, 3.05) is 37.3 Å². The summed E-state index contributed by atoms with van der Waals surface area (Å²) in [4.78, 5) is 29.3. The molecule has 0 N–H and O–H groups in total. The lowest BCUT2D eigenvalue weighted by Crippen LogP contribution is -2.49. The second kappa shape index (κ2) is 9.70. The van der Waals surface area contributed by atoms with Crippen LogP contribution in [0.2, 0.25) is 0 Å². The van der Waals surface area contributed by atoms with Gasteiger partial charge in [-0.1, -0.05) is 18.2 Å². The highest BCUT2D eigenvalue weighted by atomic mass is 32.2. The quantitative estimate of drug-likeness (QED) is 0.441. The summed E-state index contributed by atoms with van der Waals surface area (Å²) in [6.07, 6.45) is 2.79. The SMILES string of the molecule is CS(=O)(=O)c1ccc(-c2ccc(F)cc2)c(C(=O)N2CCN(c3ccc(C(=O)C4CC4)cc3F)CC2)c1. The van der Waals surface area contributed by atoms with Crippen molar-refractivity contribution in [2.24, 2.45) is 5.92 Å². The van der Waals surface area contributed by atoms with Gasteiger partial charge in [-0.05, 0) is 66.4 Å². The Morgan fingerprint density at radius 1 is 0.865 bits per heavy atom. The summed E-state index contributed by atoms with van der Waals surface area (Å²) in [5.41, 5.74) is 2.06. The predicted octanol–water partition coefficient (Wildman–Crippen LogP) is 4.59. The molecule has 5 rings (SSSR count). The summed E-state index contributed by atoms with van der Waals surface area (Å²) in [5.74, 6) is -1.24. The van der Waals surface area contributed by atoms with E-state index in [4.69, 9.17) is 0 Å². The van der Waals surface area contributed by atoms with E-state index in [2.05, 4.69) is 0 Å². The van der Waals surface area contributed by atoms with E-state index in [0.717, 1.165) is 19.1 Å². The molecule has 6 nitrogen and oxygen atoms in total. The maximum absolute atomic E-state index is 14.9. The van der Waals surface area contributed by atoms with Crippen molar-refractivity contribution in [3.05, 3.63) is 83.4 Å². The monoisotopic (exact) mass is 524 g/mol. The number of benzene rings is 3. The van der Waals surface area contributed by atoms with Gasteiger partial charge in [0, 0.05) is 49.5 Å². The Balaban J connectivity index is 1.36. The number of piperazine rings is 1. The average molecular weight is 525 g/mol. The Morgan fingerprint density at radius 3 is 2.14 bits per heavy atom. The summed E-state index contributed by atoms with van der Waals surface area (Å²) >= 11 is 0. The molecular formula is C28H26F2N2O4S. The molecule has 1 saturated carbocycles. The van der Waals surface area contributed by atoms with Gasteiger partial charge in [-0.15, -0.1) is 0 Å². The summed E-state index contributed by atoms with van der Waals surface area (Å²) < 4.78 is 52.7. The number of hydrogen-bond acceptors (Lipinski definition) is 5. The highest BCUT2D eigenvalue weighted by molar-refractivity contribution is 7.90. The molecule has 1 heterocycles. The standard InChI is InChI=1S/C28H26F2N2O4S/c1-37(35,36)22-9-10-23(18-4-7-21(29)8-5-18)24(17-22)28(34)32-14-12-31(13-15-32)26-11-6-20(16-25(26)30)27(33)19-2-3-19/h4-11,16-17,19H,2-3,12-15H2,1H3. The fraction of sp³-hybridized carbons (Fsp3) is 0.286. The van der Waals surface area contributed by atoms with Crippen LogP contribution in [-0.2, 0) is 9.84 Å². The van der Waals surface area contributed by atoms with Crippen LogP contribution in [0.15, 0.2) is 65.6 Å². The van der Waals surface area contributed by atoms with Gasteiger partial charge in [-0.2, -0.15) is 0 Å². The highest BCUT2D eigenvalue weighted by Gasteiger charge is 2.31. The average Bonchev–Trinajstić information content (AvgIpc) is 3.73. The third-order valence-electron chi connectivity index (χ3n) is 6.89. The first-order valence-corrected chi connectivity index (χ1v) is 14.0. The fourth-order valence-corrected chi connectivity index (χ4v) is 5.28. The molecule has 1 aliphatic carbocycles. The zero-order chi connectivity index (χ0) is 26.3. The maximum Gasteiger partial charge on any atom is 0.254 e. The van der Waals surface area contributed by atoms with Crippen LogP contribution in [-0.4, -0.2) is 57.4 Å². The van der Waals surface area contributed by atoms with Crippen LogP contribution in [0.25, 0.3) is 11.1 Å². The van der Waals surface area contributed by atoms with Crippen molar-refractivity contribution < 1.29 is 26.8 Å². The molecule has 9 heteroatoms. The molecule has 37 heavy (non-hydrogen) atoms. The summed E-state index contributed by atoms with van der Waals surface area (Å²) in [6.45, 7) is 1.34. The van der Waals surface area contributed by atoms with Crippen molar-refractivity contribution in [3.8, 4) is 11.1 Å². The van der Waals surface area contributed by atoms with Crippen molar-refractivity contribution in [1.29, 1.82) is 0 Å². The van der Waals surface area contributed by atoms with Gasteiger partial charge in [0.2, 0.25) is 0 Å². The topological polar surface area (TPSA) is 74.8 Å². The van der Waals surface area contributed by atoms with E-state index >= 15 is 0 Å². The number of nitrogens with zero attached hydrogens (tertiary/aromatic N) is 2. The molecule has 0 aromatic heterocycles. The predicted molar refractivity (Wildman–Crippen MR) is 137 cm³/mol. The van der Waals surface area contributed by atoms with Crippen molar-refractivity contribution >= 4 is 27.2 Å². The van der Waals surface area contributed by atoms with Gasteiger partial charge >= 0.3 is 0 Å². The van der Waals surface area contributed by atoms with Crippen molar-refractivity contribution in [3.63, 3.8) is 0 Å². The highest BCUT2D eigenvalue weighted by Crippen LogP contribution is 2.34. The first-order valence-electron chi connectivity index (χ1n) is 12.1. The summed E-state index contributed by atoms with van der Waals surface area (Å²) in [6, 6.07) is 14.6. The number of carbonyl (C=O) groups excluding carboxylic acids is 2. The molecule has 0 radical (unpaired) electrons. The van der Waals surface area contributed by atoms with E-state index in [0.29, 0.717) is 48.6 Å². The number of sulfone groups is 1. The van der Waals surface area contributed by atoms with Crippen LogP contribution >= 0.6 is 0 Å². The second-order valence-electron chi connectivity index (χ2n) is 9.57. The zero-order valence-corrected chi connectivity index (χ0v) is 21.1. The van der Waals surface area contributed by atoms with Gasteiger partial charge in [0.15, 0.2) is 15.6 Å². The maximum atomic E-state index is 14.9. The molecule has 1 aliphatic heterocycles. The molecule has 2 aliphatic rings. The Bertz CT molecular complexity index is 1480. The minimum atomic E-state index is -3.56. The fourth-order valence-electron chi connectivity index (χ4n) is 4.63. The second-order valence-corrected chi connectivity index (χ2v) is 11.6. The number of ketones is 1. The van der Waals surface area contributed by atoms with Gasteiger partial charge in [-0.25, -0.2) is 17.2 Å². The Labute approximate surface area is 214 Å². The summed E-state index contributed by atoms with van der Waals surface area (Å²) in [5, 5.41) is 0. The largest absolute Gasteiger partial charge is 0.366 e. The van der Waals surface area contributed by atoms with Gasteiger partial charge in [0.25, 0.3) is 5.91 Å². The van der Waals surface area contributed by atoms with E-state index in [1.165, 1.54) is 30.3 Å². The third-order valence-corrected chi connectivity index (χ3v) is 8.00. The minimum Gasteiger partial charge on any atom is -0.366 e. The van der Waals surface area contributed by atoms with E-state index in [-0.39, 0.29) is 28.1 Å². The van der Waals surface area contributed by atoms with E-state index in [1.807, 2.05) is 4.90 Å². The van der Waals surface area contributed by atoms with Gasteiger partial charge < -0.3 is 9.80 Å². The van der Waals surface area contributed by atoms with E-state index in [1.54, 1.807) is 35.2 Å². The lowest BCUT2D eigenvalue weighted by atomic mass is 9.98. The Kier molecular flexibility index (Phi) is 6.58. The van der Waals surface area contributed by atoms with Crippen LogP contribution in [0.4, 0.5) is 14.5 Å². The molecule has 2 fully saturated rings. The molecule has 192 valence electrons. The number of halogens is 2.